The van der Waals surface area contributed by atoms with Gasteiger partial charge in [0.25, 0.3) is 0 Å². The molecule has 7 heteroatoms. The summed E-state index contributed by atoms with van der Waals surface area (Å²) < 4.78 is 25.7. The number of carbonyl (C=O) groups excluding carboxylic acids is 1. The van der Waals surface area contributed by atoms with Gasteiger partial charge in [-0.15, -0.1) is 0 Å². The van der Waals surface area contributed by atoms with Crippen molar-refractivity contribution in [3.05, 3.63) is 30.1 Å². The summed E-state index contributed by atoms with van der Waals surface area (Å²) in [6.07, 6.45) is 7.64. The largest absolute Gasteiger partial charge is 0.342 e. The van der Waals surface area contributed by atoms with Gasteiger partial charge in [-0.25, -0.2) is 12.7 Å². The van der Waals surface area contributed by atoms with Gasteiger partial charge in [0.05, 0.1) is 12.2 Å². The van der Waals surface area contributed by atoms with Gasteiger partial charge in [0.1, 0.15) is 0 Å². The van der Waals surface area contributed by atoms with E-state index in [2.05, 4.69) is 4.98 Å². The zero-order chi connectivity index (χ0) is 17.9. The van der Waals surface area contributed by atoms with Gasteiger partial charge in [0, 0.05) is 38.6 Å². The van der Waals surface area contributed by atoms with Crippen LogP contribution in [0.15, 0.2) is 24.5 Å². The Kier molecular flexibility index (Phi) is 5.43. The van der Waals surface area contributed by atoms with Gasteiger partial charge in [-0.1, -0.05) is 6.07 Å². The van der Waals surface area contributed by atoms with Crippen LogP contribution in [0.4, 0.5) is 0 Å². The van der Waals surface area contributed by atoms with E-state index < -0.39 is 10.0 Å². The first-order valence-corrected chi connectivity index (χ1v) is 10.7. The third kappa shape index (κ3) is 4.20. The van der Waals surface area contributed by atoms with Crippen LogP contribution in [0.25, 0.3) is 0 Å². The Morgan fingerprint density at radius 2 is 1.80 bits per heavy atom. The number of pyridine rings is 1. The number of hydrogen-bond donors (Lipinski definition) is 0. The first-order chi connectivity index (χ1) is 11.9. The Bertz CT molecular complexity index is 688. The Morgan fingerprint density at radius 1 is 1.16 bits per heavy atom. The summed E-state index contributed by atoms with van der Waals surface area (Å²) in [4.78, 5) is 18.5. The second-order valence-electron chi connectivity index (χ2n) is 7.22. The van der Waals surface area contributed by atoms with Crippen LogP contribution in [0.2, 0.25) is 0 Å². The van der Waals surface area contributed by atoms with Crippen LogP contribution in [0.5, 0.6) is 0 Å². The highest BCUT2D eigenvalue weighted by atomic mass is 32.2. The molecule has 3 rings (SSSR count). The van der Waals surface area contributed by atoms with Gasteiger partial charge in [-0.3, -0.25) is 9.78 Å². The molecular formula is C18H27N3O3S. The average molecular weight is 365 g/mol. The molecule has 2 aliphatic heterocycles. The molecular weight excluding hydrogens is 338 g/mol. The fourth-order valence-electron chi connectivity index (χ4n) is 3.94. The van der Waals surface area contributed by atoms with Crippen LogP contribution in [-0.4, -0.2) is 60.4 Å². The molecule has 0 unspecified atom stereocenters. The summed E-state index contributed by atoms with van der Waals surface area (Å²) in [5.41, 5.74) is 1.16. The standard InChI is InChI=1S/C18H27N3O3S/c1-2-25(23,24)21-12-7-18(8-13-21)5-10-20(11-6-18)17(22)14-16-4-3-9-19-15-16/h3-4,9,15H,2,5-8,10-14H2,1H3. The fourth-order valence-corrected chi connectivity index (χ4v) is 5.04. The van der Waals surface area contributed by atoms with Crippen molar-refractivity contribution in [1.82, 2.24) is 14.2 Å². The molecule has 1 aromatic rings. The molecule has 0 N–H and O–H groups in total. The smallest absolute Gasteiger partial charge is 0.227 e. The zero-order valence-corrected chi connectivity index (χ0v) is 15.7. The van der Waals surface area contributed by atoms with Crippen LogP contribution in [0.1, 0.15) is 38.2 Å². The van der Waals surface area contributed by atoms with Crippen molar-refractivity contribution in [3.8, 4) is 0 Å². The van der Waals surface area contributed by atoms with Crippen LogP contribution in [0.3, 0.4) is 0 Å². The highest BCUT2D eigenvalue weighted by Crippen LogP contribution is 2.41. The molecule has 1 spiro atoms. The van der Waals surface area contributed by atoms with Crippen molar-refractivity contribution in [2.24, 2.45) is 5.41 Å². The highest BCUT2D eigenvalue weighted by molar-refractivity contribution is 7.89. The zero-order valence-electron chi connectivity index (χ0n) is 14.9. The molecule has 1 aromatic heterocycles. The van der Waals surface area contributed by atoms with Gasteiger partial charge in [0.15, 0.2) is 0 Å². The van der Waals surface area contributed by atoms with Crippen LogP contribution in [0, 0.1) is 5.41 Å². The second-order valence-corrected chi connectivity index (χ2v) is 9.48. The van der Waals surface area contributed by atoms with E-state index in [4.69, 9.17) is 0 Å². The van der Waals surface area contributed by atoms with E-state index in [1.165, 1.54) is 0 Å². The van der Waals surface area contributed by atoms with Gasteiger partial charge < -0.3 is 4.90 Å². The van der Waals surface area contributed by atoms with E-state index in [-0.39, 0.29) is 17.1 Å². The number of carbonyl (C=O) groups is 1. The predicted octanol–water partition coefficient (Wildman–Crippen LogP) is 1.68. The molecule has 2 saturated heterocycles. The minimum Gasteiger partial charge on any atom is -0.342 e. The molecule has 3 heterocycles. The molecule has 2 fully saturated rings. The predicted molar refractivity (Wildman–Crippen MR) is 96.5 cm³/mol. The van der Waals surface area contributed by atoms with Gasteiger partial charge >= 0.3 is 0 Å². The van der Waals surface area contributed by atoms with Crippen molar-refractivity contribution >= 4 is 15.9 Å². The van der Waals surface area contributed by atoms with Crippen LogP contribution in [-0.2, 0) is 21.2 Å². The number of aromatic nitrogens is 1. The lowest BCUT2D eigenvalue weighted by Crippen LogP contribution is -2.49. The molecule has 138 valence electrons. The number of hydrogen-bond acceptors (Lipinski definition) is 4. The topological polar surface area (TPSA) is 70.6 Å². The van der Waals surface area contributed by atoms with Gasteiger partial charge in [-0.05, 0) is 49.7 Å². The maximum absolute atomic E-state index is 12.5. The molecule has 0 aromatic carbocycles. The monoisotopic (exact) mass is 365 g/mol. The first kappa shape index (κ1) is 18.3. The Labute approximate surface area is 150 Å². The maximum atomic E-state index is 12.5. The summed E-state index contributed by atoms with van der Waals surface area (Å²) in [7, 11) is -3.07. The molecule has 2 aliphatic rings. The quantitative estimate of drug-likeness (QED) is 0.814. The molecule has 0 bridgehead atoms. The van der Waals surface area contributed by atoms with Crippen LogP contribution >= 0.6 is 0 Å². The lowest BCUT2D eigenvalue weighted by atomic mass is 9.71. The van der Waals surface area contributed by atoms with Crippen LogP contribution < -0.4 is 0 Å². The number of piperidine rings is 2. The van der Waals surface area contributed by atoms with Crippen molar-refractivity contribution in [3.63, 3.8) is 0 Å². The van der Waals surface area contributed by atoms with Gasteiger partial charge in [0.2, 0.25) is 15.9 Å². The molecule has 0 saturated carbocycles. The Hall–Kier alpha value is -1.47. The average Bonchev–Trinajstić information content (AvgIpc) is 2.63. The number of nitrogens with zero attached hydrogens (tertiary/aromatic N) is 3. The third-order valence-corrected chi connectivity index (χ3v) is 7.68. The fraction of sp³-hybridized carbons (Fsp3) is 0.667. The molecule has 6 nitrogen and oxygen atoms in total. The summed E-state index contributed by atoms with van der Waals surface area (Å²) >= 11 is 0. The van der Waals surface area contributed by atoms with Crippen molar-refractivity contribution in [2.45, 2.75) is 39.0 Å². The molecule has 0 atom stereocenters. The van der Waals surface area contributed by atoms with E-state index in [0.29, 0.717) is 19.5 Å². The third-order valence-electron chi connectivity index (χ3n) is 5.80. The minimum atomic E-state index is -3.07. The summed E-state index contributed by atoms with van der Waals surface area (Å²) in [5.74, 6) is 0.338. The van der Waals surface area contributed by atoms with Crippen molar-refractivity contribution in [2.75, 3.05) is 31.9 Å². The van der Waals surface area contributed by atoms with Gasteiger partial charge in [-0.2, -0.15) is 0 Å². The Balaban J connectivity index is 1.51. The molecule has 0 radical (unpaired) electrons. The normalized spacial score (nSPS) is 21.4. The van der Waals surface area contributed by atoms with Crippen molar-refractivity contribution < 1.29 is 13.2 Å². The summed E-state index contributed by atoms with van der Waals surface area (Å²) in [6, 6.07) is 3.78. The number of likely N-dealkylation sites (tertiary alicyclic amines) is 1. The van der Waals surface area contributed by atoms with E-state index in [9.17, 15) is 13.2 Å². The van der Waals surface area contributed by atoms with Crippen molar-refractivity contribution in [1.29, 1.82) is 0 Å². The SMILES string of the molecule is CCS(=O)(=O)N1CCC2(CCN(C(=O)Cc3cccnc3)CC2)CC1. The van der Waals surface area contributed by atoms with E-state index >= 15 is 0 Å². The molecule has 1 amide bonds. The summed E-state index contributed by atoms with van der Waals surface area (Å²) in [6.45, 7) is 4.50. The number of sulfonamides is 1. The number of rotatable bonds is 4. The lowest BCUT2D eigenvalue weighted by molar-refractivity contribution is -0.133. The first-order valence-electron chi connectivity index (χ1n) is 9.09. The lowest BCUT2D eigenvalue weighted by Gasteiger charge is -2.46. The minimum absolute atomic E-state index is 0.161. The molecule has 25 heavy (non-hydrogen) atoms. The van der Waals surface area contributed by atoms with E-state index in [1.807, 2.05) is 17.0 Å². The molecule has 0 aliphatic carbocycles. The van der Waals surface area contributed by atoms with E-state index in [0.717, 1.165) is 44.3 Å². The van der Waals surface area contributed by atoms with E-state index in [1.54, 1.807) is 23.6 Å². The number of amides is 1. The maximum Gasteiger partial charge on any atom is 0.227 e. The Morgan fingerprint density at radius 3 is 2.36 bits per heavy atom. The summed E-state index contributed by atoms with van der Waals surface area (Å²) in [5, 5.41) is 0. The second kappa shape index (κ2) is 7.41. The highest BCUT2D eigenvalue weighted by Gasteiger charge is 2.40.